The molecule has 0 bridgehead atoms. The second kappa shape index (κ2) is 10.2. The molecule has 1 aliphatic carbocycles. The van der Waals surface area contributed by atoms with E-state index in [0.29, 0.717) is 0 Å². The molecule has 8 heteroatoms. The van der Waals surface area contributed by atoms with Crippen LogP contribution >= 0.6 is 0 Å². The quantitative estimate of drug-likeness (QED) is 0.284. The average Bonchev–Trinajstić information content (AvgIpc) is 2.88. The SMILES string of the molecule is COc1ccc([N+](=O)[O-])cc1NC(=O)[C@@H]1[C@@H](C(=O)O)[C@H](c2ccccc2)C=C[C@@H]1c1ccccc1. The lowest BCUT2D eigenvalue weighted by molar-refractivity contribution is -0.384. The molecule has 3 aromatic carbocycles. The Morgan fingerprint density at radius 3 is 1.91 bits per heavy atom. The average molecular weight is 472 g/mol. The van der Waals surface area contributed by atoms with Crippen LogP contribution in [-0.2, 0) is 9.59 Å². The first-order valence-corrected chi connectivity index (χ1v) is 11.0. The van der Waals surface area contributed by atoms with Crippen molar-refractivity contribution in [1.29, 1.82) is 0 Å². The van der Waals surface area contributed by atoms with Crippen molar-refractivity contribution in [2.45, 2.75) is 11.8 Å². The number of nitrogens with one attached hydrogen (secondary N) is 1. The zero-order chi connectivity index (χ0) is 24.9. The highest BCUT2D eigenvalue weighted by atomic mass is 16.6. The topological polar surface area (TPSA) is 119 Å². The molecule has 1 aliphatic rings. The molecule has 178 valence electrons. The van der Waals surface area contributed by atoms with Gasteiger partial charge in [-0.25, -0.2) is 0 Å². The van der Waals surface area contributed by atoms with Gasteiger partial charge in [0.1, 0.15) is 5.75 Å². The zero-order valence-electron chi connectivity index (χ0n) is 18.9. The minimum absolute atomic E-state index is 0.105. The van der Waals surface area contributed by atoms with Gasteiger partial charge >= 0.3 is 5.97 Å². The van der Waals surface area contributed by atoms with Gasteiger partial charge in [-0.2, -0.15) is 0 Å². The van der Waals surface area contributed by atoms with Crippen LogP contribution in [0.25, 0.3) is 0 Å². The number of nitrogens with zero attached hydrogens (tertiary/aromatic N) is 1. The summed E-state index contributed by atoms with van der Waals surface area (Å²) in [6, 6.07) is 22.3. The molecule has 1 amide bonds. The van der Waals surface area contributed by atoms with E-state index in [0.717, 1.165) is 11.1 Å². The minimum Gasteiger partial charge on any atom is -0.495 e. The number of non-ortho nitro benzene ring substituents is 1. The van der Waals surface area contributed by atoms with Crippen molar-refractivity contribution in [3.8, 4) is 5.75 Å². The lowest BCUT2D eigenvalue weighted by Gasteiger charge is -2.37. The second-order valence-electron chi connectivity index (χ2n) is 8.28. The maximum atomic E-state index is 13.8. The summed E-state index contributed by atoms with van der Waals surface area (Å²) >= 11 is 0. The van der Waals surface area contributed by atoms with Gasteiger partial charge in [-0.3, -0.25) is 19.7 Å². The molecule has 0 spiro atoms. The fourth-order valence-electron chi connectivity index (χ4n) is 4.67. The molecule has 8 nitrogen and oxygen atoms in total. The van der Waals surface area contributed by atoms with Crippen molar-refractivity contribution in [1.82, 2.24) is 0 Å². The lowest BCUT2D eigenvalue weighted by Crippen LogP contribution is -2.42. The van der Waals surface area contributed by atoms with Crippen LogP contribution in [0.5, 0.6) is 5.75 Å². The van der Waals surface area contributed by atoms with Gasteiger partial charge in [0.25, 0.3) is 5.69 Å². The molecule has 0 heterocycles. The number of nitro benzene ring substituents is 1. The van der Waals surface area contributed by atoms with Crippen LogP contribution in [0.1, 0.15) is 23.0 Å². The number of allylic oxidation sites excluding steroid dienone is 2. The molecule has 0 aromatic heterocycles. The molecule has 4 atom stereocenters. The predicted molar refractivity (Wildman–Crippen MR) is 130 cm³/mol. The molecule has 0 aliphatic heterocycles. The number of rotatable bonds is 7. The number of hydrogen-bond donors (Lipinski definition) is 2. The Hall–Kier alpha value is -4.46. The zero-order valence-corrected chi connectivity index (χ0v) is 18.9. The van der Waals surface area contributed by atoms with Crippen LogP contribution in [0.15, 0.2) is 91.0 Å². The highest BCUT2D eigenvalue weighted by Gasteiger charge is 2.46. The maximum Gasteiger partial charge on any atom is 0.308 e. The Labute approximate surface area is 202 Å². The molecule has 3 aromatic rings. The molecule has 35 heavy (non-hydrogen) atoms. The molecule has 0 saturated heterocycles. The molecular weight excluding hydrogens is 448 g/mol. The number of nitro groups is 1. The third-order valence-electron chi connectivity index (χ3n) is 6.30. The highest BCUT2D eigenvalue weighted by Crippen LogP contribution is 2.45. The van der Waals surface area contributed by atoms with Gasteiger partial charge in [-0.15, -0.1) is 0 Å². The largest absolute Gasteiger partial charge is 0.495 e. The number of hydrogen-bond acceptors (Lipinski definition) is 5. The summed E-state index contributed by atoms with van der Waals surface area (Å²) in [5.41, 5.74) is 1.47. The van der Waals surface area contributed by atoms with E-state index in [-0.39, 0.29) is 17.1 Å². The molecule has 0 unspecified atom stereocenters. The number of amides is 1. The summed E-state index contributed by atoms with van der Waals surface area (Å²) in [4.78, 5) is 37.1. The van der Waals surface area contributed by atoms with Crippen molar-refractivity contribution in [3.63, 3.8) is 0 Å². The number of anilines is 1. The first-order chi connectivity index (χ1) is 16.9. The van der Waals surface area contributed by atoms with Crippen LogP contribution in [0.3, 0.4) is 0 Å². The van der Waals surface area contributed by atoms with Gasteiger partial charge < -0.3 is 15.2 Å². The van der Waals surface area contributed by atoms with Crippen molar-refractivity contribution in [2.24, 2.45) is 11.8 Å². The molecule has 0 saturated carbocycles. The monoisotopic (exact) mass is 472 g/mol. The van der Waals surface area contributed by atoms with Crippen molar-refractivity contribution in [3.05, 3.63) is 112 Å². The fraction of sp³-hybridized carbons (Fsp3) is 0.185. The van der Waals surface area contributed by atoms with Gasteiger partial charge in [0, 0.05) is 24.0 Å². The summed E-state index contributed by atoms with van der Waals surface area (Å²) in [5, 5.41) is 24.3. The van der Waals surface area contributed by atoms with Crippen LogP contribution in [0.4, 0.5) is 11.4 Å². The van der Waals surface area contributed by atoms with Gasteiger partial charge in [0.2, 0.25) is 5.91 Å². The molecular formula is C27H24N2O6. The standard InChI is InChI=1S/C27H24N2O6/c1-35-23-15-12-19(29(33)34)16-22(23)28-26(30)24-20(17-8-4-2-5-9-17)13-14-21(25(24)27(31)32)18-10-6-3-7-11-18/h2-16,20-21,24-25H,1H3,(H,28,30)(H,31,32)/t20-,21+,24+,25+/m1/s1. The Balaban J connectivity index is 1.79. The van der Waals surface area contributed by atoms with E-state index in [1.165, 1.54) is 25.3 Å². The molecule has 0 radical (unpaired) electrons. The van der Waals surface area contributed by atoms with E-state index in [9.17, 15) is 24.8 Å². The van der Waals surface area contributed by atoms with Crippen molar-refractivity contribution >= 4 is 23.3 Å². The van der Waals surface area contributed by atoms with Gasteiger partial charge in [0.15, 0.2) is 0 Å². The summed E-state index contributed by atoms with van der Waals surface area (Å²) in [7, 11) is 1.39. The number of carbonyl (C=O) groups excluding carboxylic acids is 1. The Morgan fingerprint density at radius 2 is 1.43 bits per heavy atom. The van der Waals surface area contributed by atoms with E-state index < -0.39 is 40.5 Å². The minimum atomic E-state index is -1.10. The van der Waals surface area contributed by atoms with Crippen LogP contribution in [-0.4, -0.2) is 29.0 Å². The Kier molecular flexibility index (Phi) is 6.91. The summed E-state index contributed by atoms with van der Waals surface area (Å²) in [6.07, 6.45) is 3.73. The van der Waals surface area contributed by atoms with E-state index >= 15 is 0 Å². The van der Waals surface area contributed by atoms with Gasteiger partial charge in [-0.1, -0.05) is 72.8 Å². The smallest absolute Gasteiger partial charge is 0.308 e. The first kappa shape index (κ1) is 23.7. The van der Waals surface area contributed by atoms with Gasteiger partial charge in [0.05, 0.1) is 29.6 Å². The number of carboxylic acids is 1. The van der Waals surface area contributed by atoms with Gasteiger partial charge in [-0.05, 0) is 17.2 Å². The highest BCUT2D eigenvalue weighted by molar-refractivity contribution is 5.98. The predicted octanol–water partition coefficient (Wildman–Crippen LogP) is 5.00. The fourth-order valence-corrected chi connectivity index (χ4v) is 4.67. The second-order valence-corrected chi connectivity index (χ2v) is 8.28. The van der Waals surface area contributed by atoms with E-state index in [2.05, 4.69) is 5.32 Å². The number of carboxylic acid groups (broad SMARTS) is 1. The molecule has 0 fully saturated rings. The molecule has 4 rings (SSSR count). The molecule has 2 N–H and O–H groups in total. The van der Waals surface area contributed by atoms with Crippen LogP contribution in [0, 0.1) is 22.0 Å². The maximum absolute atomic E-state index is 13.8. The normalized spacial score (nSPS) is 21.2. The number of aliphatic carboxylic acids is 1. The van der Waals surface area contributed by atoms with Crippen LogP contribution < -0.4 is 10.1 Å². The Bertz CT molecular complexity index is 1260. The van der Waals surface area contributed by atoms with Crippen molar-refractivity contribution in [2.75, 3.05) is 12.4 Å². The van der Waals surface area contributed by atoms with E-state index in [1.807, 2.05) is 72.8 Å². The lowest BCUT2D eigenvalue weighted by atomic mass is 9.66. The third kappa shape index (κ3) is 4.91. The third-order valence-corrected chi connectivity index (χ3v) is 6.30. The Morgan fingerprint density at radius 1 is 0.886 bits per heavy atom. The summed E-state index contributed by atoms with van der Waals surface area (Å²) in [5.74, 6) is -4.53. The van der Waals surface area contributed by atoms with E-state index in [1.54, 1.807) is 0 Å². The number of methoxy groups -OCH3 is 1. The first-order valence-electron chi connectivity index (χ1n) is 11.0. The number of benzene rings is 3. The van der Waals surface area contributed by atoms with E-state index in [4.69, 9.17) is 4.74 Å². The number of ether oxygens (including phenoxy) is 1. The summed E-state index contributed by atoms with van der Waals surface area (Å²) in [6.45, 7) is 0. The van der Waals surface area contributed by atoms with Crippen LogP contribution in [0.2, 0.25) is 0 Å². The van der Waals surface area contributed by atoms with Crippen molar-refractivity contribution < 1.29 is 24.4 Å². The summed E-state index contributed by atoms with van der Waals surface area (Å²) < 4.78 is 5.28. The number of carbonyl (C=O) groups is 2.